The van der Waals surface area contributed by atoms with E-state index in [2.05, 4.69) is 5.32 Å². The Balaban J connectivity index is 2.13. The average Bonchev–Trinajstić information content (AvgIpc) is 2.22. The quantitative estimate of drug-likeness (QED) is 0.683. The van der Waals surface area contributed by atoms with E-state index in [1.54, 1.807) is 0 Å². The number of rotatable bonds is 1. The Labute approximate surface area is 83.6 Å². The highest BCUT2D eigenvalue weighted by Gasteiger charge is 2.43. The minimum atomic E-state index is -0.221. The topological polar surface area (TPSA) is 49.4 Å². The summed E-state index contributed by atoms with van der Waals surface area (Å²) in [4.78, 5) is 24.5. The van der Waals surface area contributed by atoms with E-state index in [4.69, 9.17) is 0 Å². The number of hydrogen-bond acceptors (Lipinski definition) is 2. The van der Waals surface area contributed by atoms with Crippen LogP contribution in [0.1, 0.15) is 32.6 Å². The average molecular weight is 196 g/mol. The van der Waals surface area contributed by atoms with Gasteiger partial charge in [-0.2, -0.15) is 0 Å². The molecule has 2 fully saturated rings. The molecule has 3 amide bonds. The SMILES string of the molecule is CCN1C(=O)CC2(CCC2)CNC1=O. The van der Waals surface area contributed by atoms with Crippen molar-refractivity contribution in [3.8, 4) is 0 Å². The Kier molecular flexibility index (Phi) is 2.21. The third-order valence-electron chi connectivity index (χ3n) is 3.42. The van der Waals surface area contributed by atoms with E-state index in [0.29, 0.717) is 19.5 Å². The Hall–Kier alpha value is -1.06. The van der Waals surface area contributed by atoms with Crippen molar-refractivity contribution >= 4 is 11.9 Å². The van der Waals surface area contributed by atoms with Crippen molar-refractivity contribution in [1.82, 2.24) is 10.2 Å². The molecule has 0 aromatic carbocycles. The fourth-order valence-electron chi connectivity index (χ4n) is 2.30. The zero-order valence-corrected chi connectivity index (χ0v) is 8.51. The van der Waals surface area contributed by atoms with E-state index < -0.39 is 0 Å². The van der Waals surface area contributed by atoms with Gasteiger partial charge in [0.25, 0.3) is 0 Å². The van der Waals surface area contributed by atoms with Crippen LogP contribution >= 0.6 is 0 Å². The predicted octanol–water partition coefficient (Wildman–Crippen LogP) is 1.12. The summed E-state index contributed by atoms with van der Waals surface area (Å²) in [5.74, 6) is -0.0119. The molecule has 4 nitrogen and oxygen atoms in total. The number of amides is 3. The number of hydrogen-bond donors (Lipinski definition) is 1. The molecule has 4 heteroatoms. The minimum absolute atomic E-state index is 0.0119. The molecular weight excluding hydrogens is 180 g/mol. The number of carbonyl (C=O) groups excluding carboxylic acids is 2. The van der Waals surface area contributed by atoms with Gasteiger partial charge in [0, 0.05) is 19.5 Å². The van der Waals surface area contributed by atoms with Gasteiger partial charge in [0.2, 0.25) is 5.91 Å². The Morgan fingerprint density at radius 3 is 2.64 bits per heavy atom. The summed E-state index contributed by atoms with van der Waals surface area (Å²) in [5.41, 5.74) is 0.0939. The third kappa shape index (κ3) is 1.38. The Morgan fingerprint density at radius 2 is 2.14 bits per heavy atom. The van der Waals surface area contributed by atoms with Gasteiger partial charge >= 0.3 is 6.03 Å². The molecule has 0 unspecified atom stereocenters. The van der Waals surface area contributed by atoms with Crippen molar-refractivity contribution in [3.63, 3.8) is 0 Å². The summed E-state index contributed by atoms with van der Waals surface area (Å²) in [6, 6.07) is -0.221. The van der Waals surface area contributed by atoms with Gasteiger partial charge in [-0.05, 0) is 25.2 Å². The van der Waals surface area contributed by atoms with E-state index in [9.17, 15) is 9.59 Å². The molecule has 0 aromatic heterocycles. The van der Waals surface area contributed by atoms with Crippen molar-refractivity contribution in [3.05, 3.63) is 0 Å². The second-order valence-corrected chi connectivity index (χ2v) is 4.33. The smallest absolute Gasteiger partial charge is 0.324 e. The van der Waals surface area contributed by atoms with Crippen LogP contribution < -0.4 is 5.32 Å². The lowest BCUT2D eigenvalue weighted by atomic mass is 9.66. The molecular formula is C10H16N2O2. The normalized spacial score (nSPS) is 25.6. The molecule has 1 heterocycles. The Bertz CT molecular complexity index is 271. The maximum atomic E-state index is 11.7. The number of carbonyl (C=O) groups is 2. The standard InChI is InChI=1S/C10H16N2O2/c1-2-12-8(13)6-10(4-3-5-10)7-11-9(12)14/h2-7H2,1H3,(H,11,14). The van der Waals surface area contributed by atoms with Gasteiger partial charge in [-0.25, -0.2) is 4.79 Å². The van der Waals surface area contributed by atoms with Crippen molar-refractivity contribution in [2.45, 2.75) is 32.6 Å². The fourth-order valence-corrected chi connectivity index (χ4v) is 2.30. The monoisotopic (exact) mass is 196 g/mol. The van der Waals surface area contributed by atoms with E-state index in [-0.39, 0.29) is 17.4 Å². The molecule has 1 N–H and O–H groups in total. The lowest BCUT2D eigenvalue weighted by molar-refractivity contribution is -0.130. The van der Waals surface area contributed by atoms with Gasteiger partial charge in [0.1, 0.15) is 0 Å². The molecule has 1 spiro atoms. The molecule has 78 valence electrons. The van der Waals surface area contributed by atoms with Crippen LogP contribution in [0.4, 0.5) is 4.79 Å². The summed E-state index contributed by atoms with van der Waals surface area (Å²) in [6.45, 7) is 2.98. The lowest BCUT2D eigenvalue weighted by Crippen LogP contribution is -2.41. The van der Waals surface area contributed by atoms with Crippen LogP contribution in [0.15, 0.2) is 0 Å². The predicted molar refractivity (Wildman–Crippen MR) is 51.7 cm³/mol. The van der Waals surface area contributed by atoms with Gasteiger partial charge in [0.15, 0.2) is 0 Å². The van der Waals surface area contributed by atoms with Crippen LogP contribution in [0.5, 0.6) is 0 Å². The summed E-state index contributed by atoms with van der Waals surface area (Å²) in [6.07, 6.45) is 3.89. The van der Waals surface area contributed by atoms with Crippen molar-refractivity contribution in [2.75, 3.05) is 13.1 Å². The summed E-state index contributed by atoms with van der Waals surface area (Å²) in [5, 5.41) is 2.83. The number of urea groups is 1. The highest BCUT2D eigenvalue weighted by molar-refractivity contribution is 5.95. The van der Waals surface area contributed by atoms with E-state index in [0.717, 1.165) is 12.8 Å². The number of nitrogens with zero attached hydrogens (tertiary/aromatic N) is 1. The second-order valence-electron chi connectivity index (χ2n) is 4.33. The first-order valence-corrected chi connectivity index (χ1v) is 5.25. The van der Waals surface area contributed by atoms with Crippen LogP contribution in [-0.2, 0) is 4.79 Å². The van der Waals surface area contributed by atoms with Gasteiger partial charge in [-0.1, -0.05) is 6.42 Å². The highest BCUT2D eigenvalue weighted by Crippen LogP contribution is 2.44. The first-order valence-electron chi connectivity index (χ1n) is 5.25. The van der Waals surface area contributed by atoms with E-state index in [1.807, 2.05) is 6.92 Å². The molecule has 0 aromatic rings. The van der Waals surface area contributed by atoms with Gasteiger partial charge in [-0.15, -0.1) is 0 Å². The van der Waals surface area contributed by atoms with Crippen LogP contribution in [0, 0.1) is 5.41 Å². The van der Waals surface area contributed by atoms with Gasteiger partial charge in [0.05, 0.1) is 0 Å². The fraction of sp³-hybridized carbons (Fsp3) is 0.800. The van der Waals surface area contributed by atoms with Crippen LogP contribution in [-0.4, -0.2) is 29.9 Å². The molecule has 1 aliphatic heterocycles. The molecule has 1 aliphatic carbocycles. The van der Waals surface area contributed by atoms with Crippen molar-refractivity contribution < 1.29 is 9.59 Å². The third-order valence-corrected chi connectivity index (χ3v) is 3.42. The zero-order chi connectivity index (χ0) is 10.2. The molecule has 2 aliphatic rings. The van der Waals surface area contributed by atoms with Crippen LogP contribution in [0.25, 0.3) is 0 Å². The van der Waals surface area contributed by atoms with E-state index in [1.165, 1.54) is 11.3 Å². The number of nitrogens with one attached hydrogen (secondary N) is 1. The maximum absolute atomic E-state index is 11.7. The molecule has 2 rings (SSSR count). The minimum Gasteiger partial charge on any atom is -0.337 e. The zero-order valence-electron chi connectivity index (χ0n) is 8.51. The first-order chi connectivity index (χ1) is 6.67. The molecule has 1 saturated heterocycles. The molecule has 14 heavy (non-hydrogen) atoms. The van der Waals surface area contributed by atoms with Crippen molar-refractivity contribution in [1.29, 1.82) is 0 Å². The van der Waals surface area contributed by atoms with Crippen molar-refractivity contribution in [2.24, 2.45) is 5.41 Å². The largest absolute Gasteiger partial charge is 0.337 e. The van der Waals surface area contributed by atoms with Gasteiger partial charge < -0.3 is 5.32 Å². The first kappa shape index (κ1) is 9.49. The number of imide groups is 1. The summed E-state index contributed by atoms with van der Waals surface area (Å²) in [7, 11) is 0. The van der Waals surface area contributed by atoms with Crippen LogP contribution in [0.3, 0.4) is 0 Å². The maximum Gasteiger partial charge on any atom is 0.324 e. The molecule has 0 radical (unpaired) electrons. The molecule has 1 saturated carbocycles. The molecule has 0 bridgehead atoms. The lowest BCUT2D eigenvalue weighted by Gasteiger charge is -2.39. The van der Waals surface area contributed by atoms with Crippen LogP contribution in [0.2, 0.25) is 0 Å². The summed E-state index contributed by atoms with van der Waals surface area (Å²) < 4.78 is 0. The van der Waals surface area contributed by atoms with E-state index >= 15 is 0 Å². The summed E-state index contributed by atoms with van der Waals surface area (Å²) >= 11 is 0. The Morgan fingerprint density at radius 1 is 1.43 bits per heavy atom. The molecule has 0 atom stereocenters. The highest BCUT2D eigenvalue weighted by atomic mass is 16.2. The second kappa shape index (κ2) is 3.26. The van der Waals surface area contributed by atoms with Gasteiger partial charge in [-0.3, -0.25) is 9.69 Å².